The molecule has 2 aromatic rings. The summed E-state index contributed by atoms with van der Waals surface area (Å²) in [5.74, 6) is -0.759. The van der Waals surface area contributed by atoms with E-state index in [9.17, 15) is 9.59 Å². The third-order valence-electron chi connectivity index (χ3n) is 2.78. The van der Waals surface area contributed by atoms with Crippen molar-refractivity contribution in [3.8, 4) is 0 Å². The topological polar surface area (TPSA) is 84.2 Å². The number of para-hydroxylation sites is 2. The summed E-state index contributed by atoms with van der Waals surface area (Å²) in [4.78, 5) is 23.2. The maximum Gasteiger partial charge on any atom is 0.250 e. The summed E-state index contributed by atoms with van der Waals surface area (Å²) in [5, 5.41) is 5.67. The molecule has 2 rings (SSSR count). The molecular formula is C15H14BrN3O2. The Bertz CT molecular complexity index is 673. The van der Waals surface area contributed by atoms with Gasteiger partial charge in [-0.1, -0.05) is 24.3 Å². The molecule has 0 aliphatic heterocycles. The molecule has 108 valence electrons. The molecule has 21 heavy (non-hydrogen) atoms. The zero-order chi connectivity index (χ0) is 15.2. The summed E-state index contributed by atoms with van der Waals surface area (Å²) < 4.78 is 0.802. The number of nitrogens with two attached hydrogens (primary N) is 1. The van der Waals surface area contributed by atoms with Crippen molar-refractivity contribution >= 4 is 39.1 Å². The highest BCUT2D eigenvalue weighted by molar-refractivity contribution is 9.10. The smallest absolute Gasteiger partial charge is 0.250 e. The van der Waals surface area contributed by atoms with E-state index in [4.69, 9.17) is 5.73 Å². The van der Waals surface area contributed by atoms with Crippen LogP contribution in [0.4, 0.5) is 11.4 Å². The average molecular weight is 348 g/mol. The molecule has 0 aliphatic rings. The van der Waals surface area contributed by atoms with Crippen LogP contribution in [0.3, 0.4) is 0 Å². The Labute approximate surface area is 130 Å². The monoisotopic (exact) mass is 347 g/mol. The summed E-state index contributed by atoms with van der Waals surface area (Å²) in [7, 11) is 0. The van der Waals surface area contributed by atoms with E-state index in [2.05, 4.69) is 26.6 Å². The molecule has 0 unspecified atom stereocenters. The molecule has 0 bridgehead atoms. The maximum atomic E-state index is 11.9. The lowest BCUT2D eigenvalue weighted by molar-refractivity contribution is -0.114. The highest BCUT2D eigenvalue weighted by Gasteiger charge is 2.09. The number of rotatable bonds is 5. The van der Waals surface area contributed by atoms with Gasteiger partial charge in [0.2, 0.25) is 5.91 Å². The third-order valence-corrected chi connectivity index (χ3v) is 3.47. The van der Waals surface area contributed by atoms with Crippen molar-refractivity contribution in [1.82, 2.24) is 0 Å². The number of hydrogen-bond donors (Lipinski definition) is 3. The second-order valence-electron chi connectivity index (χ2n) is 4.29. The second kappa shape index (κ2) is 6.90. The Kier molecular flexibility index (Phi) is 4.94. The Morgan fingerprint density at radius 3 is 2.29 bits per heavy atom. The van der Waals surface area contributed by atoms with Gasteiger partial charge in [0.05, 0.1) is 17.8 Å². The van der Waals surface area contributed by atoms with Gasteiger partial charge < -0.3 is 16.4 Å². The molecular weight excluding hydrogens is 334 g/mol. The standard InChI is InChI=1S/C15H14BrN3O2/c16-11-6-2-4-8-13(11)19-14(20)9-18-12-7-3-1-5-10(12)15(17)21/h1-8,18H,9H2,(H2,17,21)(H,19,20). The van der Waals surface area contributed by atoms with Crippen LogP contribution in [0, 0.1) is 0 Å². The Morgan fingerprint density at radius 1 is 1.00 bits per heavy atom. The molecule has 0 spiro atoms. The average Bonchev–Trinajstić information content (AvgIpc) is 2.48. The molecule has 0 aromatic heterocycles. The van der Waals surface area contributed by atoms with Gasteiger partial charge in [0, 0.05) is 10.2 Å². The number of hydrogen-bond acceptors (Lipinski definition) is 3. The highest BCUT2D eigenvalue weighted by atomic mass is 79.9. The van der Waals surface area contributed by atoms with E-state index in [0.717, 1.165) is 4.47 Å². The molecule has 0 atom stereocenters. The Morgan fingerprint density at radius 2 is 1.62 bits per heavy atom. The van der Waals surface area contributed by atoms with Gasteiger partial charge in [-0.2, -0.15) is 0 Å². The summed E-state index contributed by atoms with van der Waals surface area (Å²) in [6, 6.07) is 14.1. The van der Waals surface area contributed by atoms with Crippen LogP contribution in [0.15, 0.2) is 53.0 Å². The van der Waals surface area contributed by atoms with Crippen molar-refractivity contribution in [2.75, 3.05) is 17.2 Å². The molecule has 0 heterocycles. The Hall–Kier alpha value is -2.34. The van der Waals surface area contributed by atoms with Gasteiger partial charge in [0.1, 0.15) is 0 Å². The lowest BCUT2D eigenvalue weighted by atomic mass is 10.1. The van der Waals surface area contributed by atoms with Crippen LogP contribution < -0.4 is 16.4 Å². The molecule has 0 saturated heterocycles. The van der Waals surface area contributed by atoms with Crippen LogP contribution in [0.1, 0.15) is 10.4 Å². The van der Waals surface area contributed by atoms with E-state index >= 15 is 0 Å². The SMILES string of the molecule is NC(=O)c1ccccc1NCC(=O)Nc1ccccc1Br. The van der Waals surface area contributed by atoms with Crippen molar-refractivity contribution < 1.29 is 9.59 Å². The fraction of sp³-hybridized carbons (Fsp3) is 0.0667. The van der Waals surface area contributed by atoms with E-state index < -0.39 is 5.91 Å². The van der Waals surface area contributed by atoms with Crippen LogP contribution in [-0.2, 0) is 4.79 Å². The van der Waals surface area contributed by atoms with Crippen LogP contribution in [-0.4, -0.2) is 18.4 Å². The minimum absolute atomic E-state index is 0.0334. The molecule has 6 heteroatoms. The first kappa shape index (κ1) is 15.1. The Balaban J connectivity index is 1.99. The lowest BCUT2D eigenvalue weighted by Gasteiger charge is -2.11. The molecule has 2 amide bonds. The van der Waals surface area contributed by atoms with E-state index in [1.165, 1.54) is 0 Å². The number of halogens is 1. The number of carbonyl (C=O) groups is 2. The van der Waals surface area contributed by atoms with Gasteiger partial charge in [-0.3, -0.25) is 9.59 Å². The zero-order valence-electron chi connectivity index (χ0n) is 11.1. The number of carbonyl (C=O) groups excluding carboxylic acids is 2. The molecule has 0 aliphatic carbocycles. The predicted molar refractivity (Wildman–Crippen MR) is 86.2 cm³/mol. The third kappa shape index (κ3) is 4.06. The molecule has 0 radical (unpaired) electrons. The molecule has 5 nitrogen and oxygen atoms in total. The zero-order valence-corrected chi connectivity index (χ0v) is 12.7. The predicted octanol–water partition coefficient (Wildman–Crippen LogP) is 2.60. The van der Waals surface area contributed by atoms with Crippen molar-refractivity contribution in [2.45, 2.75) is 0 Å². The van der Waals surface area contributed by atoms with E-state index in [0.29, 0.717) is 16.9 Å². The van der Waals surface area contributed by atoms with Crippen molar-refractivity contribution in [1.29, 1.82) is 0 Å². The molecule has 4 N–H and O–H groups in total. The number of benzene rings is 2. The summed E-state index contributed by atoms with van der Waals surface area (Å²) in [6.45, 7) is 0.0334. The van der Waals surface area contributed by atoms with Gasteiger partial charge in [-0.25, -0.2) is 0 Å². The first-order chi connectivity index (χ1) is 10.1. The minimum Gasteiger partial charge on any atom is -0.376 e. The van der Waals surface area contributed by atoms with E-state index in [-0.39, 0.29) is 12.5 Å². The highest BCUT2D eigenvalue weighted by Crippen LogP contribution is 2.21. The van der Waals surface area contributed by atoms with Crippen LogP contribution >= 0.6 is 15.9 Å². The van der Waals surface area contributed by atoms with E-state index in [1.54, 1.807) is 30.3 Å². The first-order valence-corrected chi connectivity index (χ1v) is 7.04. The van der Waals surface area contributed by atoms with Crippen LogP contribution in [0.5, 0.6) is 0 Å². The first-order valence-electron chi connectivity index (χ1n) is 6.25. The van der Waals surface area contributed by atoms with E-state index in [1.807, 2.05) is 18.2 Å². The number of nitrogens with one attached hydrogen (secondary N) is 2. The largest absolute Gasteiger partial charge is 0.376 e. The fourth-order valence-electron chi connectivity index (χ4n) is 1.78. The molecule has 0 fully saturated rings. The summed E-state index contributed by atoms with van der Waals surface area (Å²) in [6.07, 6.45) is 0. The van der Waals surface area contributed by atoms with Gasteiger partial charge in [-0.05, 0) is 40.2 Å². The molecule has 0 saturated carbocycles. The summed E-state index contributed by atoms with van der Waals surface area (Å²) in [5.41, 5.74) is 6.85. The number of primary amides is 1. The normalized spacial score (nSPS) is 9.95. The number of amides is 2. The van der Waals surface area contributed by atoms with Gasteiger partial charge in [-0.15, -0.1) is 0 Å². The van der Waals surface area contributed by atoms with Crippen LogP contribution in [0.2, 0.25) is 0 Å². The quantitative estimate of drug-likeness (QED) is 0.777. The molecule has 2 aromatic carbocycles. The lowest BCUT2D eigenvalue weighted by Crippen LogP contribution is -2.23. The number of anilines is 2. The van der Waals surface area contributed by atoms with Crippen molar-refractivity contribution in [3.63, 3.8) is 0 Å². The second-order valence-corrected chi connectivity index (χ2v) is 5.15. The maximum absolute atomic E-state index is 11.9. The minimum atomic E-state index is -0.538. The van der Waals surface area contributed by atoms with Gasteiger partial charge in [0.25, 0.3) is 5.91 Å². The van der Waals surface area contributed by atoms with Crippen LogP contribution in [0.25, 0.3) is 0 Å². The summed E-state index contributed by atoms with van der Waals surface area (Å²) >= 11 is 3.36. The van der Waals surface area contributed by atoms with Gasteiger partial charge in [0.15, 0.2) is 0 Å². The van der Waals surface area contributed by atoms with Crippen molar-refractivity contribution in [3.05, 3.63) is 58.6 Å². The van der Waals surface area contributed by atoms with Crippen molar-refractivity contribution in [2.24, 2.45) is 5.73 Å². The van der Waals surface area contributed by atoms with Gasteiger partial charge >= 0.3 is 0 Å². The fourth-order valence-corrected chi connectivity index (χ4v) is 2.17.